The van der Waals surface area contributed by atoms with Crippen molar-refractivity contribution in [2.75, 3.05) is 0 Å². The van der Waals surface area contributed by atoms with Gasteiger partial charge in [0.15, 0.2) is 11.5 Å². The van der Waals surface area contributed by atoms with Crippen molar-refractivity contribution in [1.82, 2.24) is 24.7 Å². The number of rotatable bonds is 1. The highest BCUT2D eigenvalue weighted by atomic mass is 35.5. The second-order valence-electron chi connectivity index (χ2n) is 4.20. The minimum absolute atomic E-state index is 0.671. The summed E-state index contributed by atoms with van der Waals surface area (Å²) in [6.45, 7) is 0. The average molecular weight is 270 g/mol. The molecule has 6 heteroatoms. The Balaban J connectivity index is 2.00. The van der Waals surface area contributed by atoms with E-state index in [0.29, 0.717) is 10.8 Å². The number of fused-ring (bicyclic) bond motifs is 2. The zero-order chi connectivity index (χ0) is 12.8. The maximum atomic E-state index is 6.03. The zero-order valence-electron chi connectivity index (χ0n) is 9.71. The van der Waals surface area contributed by atoms with Crippen LogP contribution < -0.4 is 0 Å². The molecule has 0 radical (unpaired) electrons. The minimum atomic E-state index is 0.671. The first kappa shape index (κ1) is 10.5. The van der Waals surface area contributed by atoms with Crippen LogP contribution in [0.1, 0.15) is 0 Å². The van der Waals surface area contributed by atoms with Crippen molar-refractivity contribution in [3.8, 4) is 5.82 Å². The summed E-state index contributed by atoms with van der Waals surface area (Å²) in [7, 11) is 0. The van der Waals surface area contributed by atoms with Crippen LogP contribution in [-0.2, 0) is 0 Å². The molecule has 19 heavy (non-hydrogen) atoms. The van der Waals surface area contributed by atoms with Crippen molar-refractivity contribution in [2.24, 2.45) is 0 Å². The summed E-state index contributed by atoms with van der Waals surface area (Å²) >= 11 is 6.03. The van der Waals surface area contributed by atoms with Crippen LogP contribution in [0.25, 0.3) is 27.9 Å². The van der Waals surface area contributed by atoms with Crippen molar-refractivity contribution < 1.29 is 0 Å². The van der Waals surface area contributed by atoms with Crippen LogP contribution in [0.15, 0.2) is 42.9 Å². The number of H-pyrrole nitrogens is 1. The second-order valence-corrected chi connectivity index (χ2v) is 4.64. The van der Waals surface area contributed by atoms with E-state index in [1.165, 1.54) is 0 Å². The van der Waals surface area contributed by atoms with E-state index in [0.717, 1.165) is 22.1 Å². The van der Waals surface area contributed by atoms with E-state index in [1.807, 2.05) is 30.5 Å². The smallest absolute Gasteiger partial charge is 0.173 e. The van der Waals surface area contributed by atoms with E-state index in [1.54, 1.807) is 17.1 Å². The molecule has 4 rings (SSSR count). The summed E-state index contributed by atoms with van der Waals surface area (Å²) in [6.07, 6.45) is 5.29. The molecule has 0 saturated heterocycles. The summed E-state index contributed by atoms with van der Waals surface area (Å²) in [5.74, 6) is 0.671. The third-order valence-corrected chi connectivity index (χ3v) is 3.23. The van der Waals surface area contributed by atoms with Gasteiger partial charge in [-0.25, -0.2) is 14.6 Å². The molecule has 0 amide bonds. The largest absolute Gasteiger partial charge is 0.345 e. The number of nitrogens with zero attached hydrogens (tertiary/aromatic N) is 4. The Labute approximate surface area is 112 Å². The van der Waals surface area contributed by atoms with Gasteiger partial charge in [0.25, 0.3) is 0 Å². The summed E-state index contributed by atoms with van der Waals surface area (Å²) in [6, 6.07) is 7.53. The van der Waals surface area contributed by atoms with Gasteiger partial charge in [-0.1, -0.05) is 11.6 Å². The van der Waals surface area contributed by atoms with Gasteiger partial charge in [-0.05, 0) is 24.3 Å². The topological polar surface area (TPSA) is 59.4 Å². The summed E-state index contributed by atoms with van der Waals surface area (Å²) in [4.78, 5) is 11.8. The van der Waals surface area contributed by atoms with Crippen LogP contribution in [0.5, 0.6) is 0 Å². The van der Waals surface area contributed by atoms with E-state index < -0.39 is 0 Å². The molecule has 0 atom stereocenters. The molecular weight excluding hydrogens is 262 g/mol. The Morgan fingerprint density at radius 3 is 3.05 bits per heavy atom. The molecule has 1 aromatic carbocycles. The van der Waals surface area contributed by atoms with Crippen molar-refractivity contribution in [1.29, 1.82) is 0 Å². The molecule has 0 spiro atoms. The number of aromatic nitrogens is 5. The van der Waals surface area contributed by atoms with Gasteiger partial charge in [0.1, 0.15) is 5.52 Å². The van der Waals surface area contributed by atoms with Crippen LogP contribution in [0, 0.1) is 0 Å². The van der Waals surface area contributed by atoms with Gasteiger partial charge in [0, 0.05) is 16.6 Å². The molecular formula is C13H8ClN5. The first-order valence-corrected chi connectivity index (χ1v) is 6.13. The normalized spacial score (nSPS) is 11.4. The molecule has 0 unspecified atom stereocenters. The predicted molar refractivity (Wildman–Crippen MR) is 73.5 cm³/mol. The average Bonchev–Trinajstić information content (AvgIpc) is 3.03. The molecule has 4 aromatic rings. The van der Waals surface area contributed by atoms with Gasteiger partial charge in [0.05, 0.1) is 17.9 Å². The van der Waals surface area contributed by atoms with Crippen molar-refractivity contribution in [3.05, 3.63) is 47.9 Å². The Morgan fingerprint density at radius 1 is 1.16 bits per heavy atom. The molecule has 3 aromatic heterocycles. The molecule has 0 aliphatic rings. The lowest BCUT2D eigenvalue weighted by Crippen LogP contribution is -2.00. The maximum absolute atomic E-state index is 6.03. The fourth-order valence-corrected chi connectivity index (χ4v) is 2.26. The number of aromatic amines is 1. The predicted octanol–water partition coefficient (Wildman–Crippen LogP) is 2.95. The molecule has 0 fully saturated rings. The van der Waals surface area contributed by atoms with E-state index in [9.17, 15) is 0 Å². The molecule has 0 saturated carbocycles. The van der Waals surface area contributed by atoms with Gasteiger partial charge in [-0.15, -0.1) is 0 Å². The Hall–Kier alpha value is -2.40. The highest BCUT2D eigenvalue weighted by Crippen LogP contribution is 2.21. The van der Waals surface area contributed by atoms with Gasteiger partial charge in [-0.3, -0.25) is 0 Å². The van der Waals surface area contributed by atoms with Crippen molar-refractivity contribution in [2.45, 2.75) is 0 Å². The lowest BCUT2D eigenvalue weighted by molar-refractivity contribution is 0.873. The third-order valence-electron chi connectivity index (χ3n) is 3.00. The fourth-order valence-electron chi connectivity index (χ4n) is 2.10. The summed E-state index contributed by atoms with van der Waals surface area (Å²) < 4.78 is 1.74. The summed E-state index contributed by atoms with van der Waals surface area (Å²) in [5.41, 5.74) is 2.48. The van der Waals surface area contributed by atoms with Crippen molar-refractivity contribution >= 4 is 33.7 Å². The molecule has 0 aliphatic carbocycles. The van der Waals surface area contributed by atoms with E-state index >= 15 is 0 Å². The SMILES string of the molecule is Clc1ccc2cnn(-c3cnc4[nH]ccc4n3)c2c1. The number of hydrogen-bond donors (Lipinski definition) is 1. The Kier molecular flexibility index (Phi) is 2.10. The number of hydrogen-bond acceptors (Lipinski definition) is 3. The Bertz CT molecular complexity index is 892. The first-order chi connectivity index (χ1) is 9.31. The van der Waals surface area contributed by atoms with Crippen LogP contribution >= 0.6 is 11.6 Å². The fraction of sp³-hybridized carbons (Fsp3) is 0. The minimum Gasteiger partial charge on any atom is -0.345 e. The van der Waals surface area contributed by atoms with Crippen molar-refractivity contribution in [3.63, 3.8) is 0 Å². The van der Waals surface area contributed by atoms with Crippen LogP contribution in [0.3, 0.4) is 0 Å². The quantitative estimate of drug-likeness (QED) is 0.578. The maximum Gasteiger partial charge on any atom is 0.173 e. The van der Waals surface area contributed by atoms with E-state index in [4.69, 9.17) is 11.6 Å². The van der Waals surface area contributed by atoms with Crippen LogP contribution in [0.4, 0.5) is 0 Å². The highest BCUT2D eigenvalue weighted by Gasteiger charge is 2.08. The molecule has 0 bridgehead atoms. The standard InChI is InChI=1S/C13H8ClN5/c14-9-2-1-8-6-17-19(11(8)5-9)12-7-16-13-10(18-12)3-4-15-13/h1-7H,(H,15,16). The molecule has 0 aliphatic heterocycles. The van der Waals surface area contributed by atoms with Crippen LogP contribution in [0.2, 0.25) is 5.02 Å². The van der Waals surface area contributed by atoms with Gasteiger partial charge in [-0.2, -0.15) is 5.10 Å². The monoisotopic (exact) mass is 269 g/mol. The highest BCUT2D eigenvalue weighted by molar-refractivity contribution is 6.31. The lowest BCUT2D eigenvalue weighted by Gasteiger charge is -2.02. The van der Waals surface area contributed by atoms with Crippen LogP contribution in [-0.4, -0.2) is 24.7 Å². The van der Waals surface area contributed by atoms with Gasteiger partial charge >= 0.3 is 0 Å². The molecule has 5 nitrogen and oxygen atoms in total. The molecule has 1 N–H and O–H groups in total. The van der Waals surface area contributed by atoms with Gasteiger partial charge in [0.2, 0.25) is 0 Å². The van der Waals surface area contributed by atoms with E-state index in [2.05, 4.69) is 20.1 Å². The molecule has 92 valence electrons. The third kappa shape index (κ3) is 1.59. The second kappa shape index (κ2) is 3.80. The number of benzene rings is 1. The number of halogens is 1. The van der Waals surface area contributed by atoms with Gasteiger partial charge < -0.3 is 4.98 Å². The molecule has 3 heterocycles. The first-order valence-electron chi connectivity index (χ1n) is 5.75. The lowest BCUT2D eigenvalue weighted by atomic mass is 10.2. The number of nitrogens with one attached hydrogen (secondary N) is 1. The Morgan fingerprint density at radius 2 is 2.11 bits per heavy atom. The van der Waals surface area contributed by atoms with E-state index in [-0.39, 0.29) is 0 Å². The zero-order valence-corrected chi connectivity index (χ0v) is 10.5. The summed E-state index contributed by atoms with van der Waals surface area (Å²) in [5, 5.41) is 6.03.